The Bertz CT molecular complexity index is 729. The minimum absolute atomic E-state index is 0.0185. The Labute approximate surface area is 149 Å². The van der Waals surface area contributed by atoms with Crippen LogP contribution in [0.1, 0.15) is 49.6 Å². The number of hydrogen-bond donors (Lipinski definition) is 2. The lowest BCUT2D eigenvalue weighted by Gasteiger charge is -2.23. The van der Waals surface area contributed by atoms with E-state index in [2.05, 4.69) is 18.3 Å². The van der Waals surface area contributed by atoms with Crippen LogP contribution in [0, 0.1) is 0 Å². The van der Waals surface area contributed by atoms with Gasteiger partial charge in [0.15, 0.2) is 11.5 Å². The summed E-state index contributed by atoms with van der Waals surface area (Å²) in [4.78, 5) is 0. The molecule has 134 valence electrons. The van der Waals surface area contributed by atoms with Crippen molar-refractivity contribution in [3.05, 3.63) is 59.2 Å². The highest BCUT2D eigenvalue weighted by Gasteiger charge is 2.31. The summed E-state index contributed by atoms with van der Waals surface area (Å²) in [6, 6.07) is 14.2. The Hall–Kier alpha value is -2.04. The van der Waals surface area contributed by atoms with Crippen LogP contribution >= 0.6 is 0 Å². The van der Waals surface area contributed by atoms with Gasteiger partial charge < -0.3 is 19.9 Å². The summed E-state index contributed by atoms with van der Waals surface area (Å²) in [6.45, 7) is 6.10. The highest BCUT2D eigenvalue weighted by Crippen LogP contribution is 2.34. The van der Waals surface area contributed by atoms with E-state index in [1.807, 2.05) is 50.2 Å². The molecule has 0 amide bonds. The molecule has 4 heteroatoms. The van der Waals surface area contributed by atoms with Crippen molar-refractivity contribution in [2.75, 3.05) is 7.11 Å². The van der Waals surface area contributed by atoms with E-state index in [9.17, 15) is 5.11 Å². The van der Waals surface area contributed by atoms with E-state index < -0.39 is 6.10 Å². The number of fused-ring (bicyclic) bond motifs is 1. The zero-order chi connectivity index (χ0) is 18.0. The first-order valence-corrected chi connectivity index (χ1v) is 8.86. The highest BCUT2D eigenvalue weighted by molar-refractivity contribution is 5.44. The molecule has 0 heterocycles. The van der Waals surface area contributed by atoms with Gasteiger partial charge in [-0.05, 0) is 56.0 Å². The van der Waals surface area contributed by atoms with Gasteiger partial charge in [-0.25, -0.2) is 0 Å². The maximum Gasteiger partial charge on any atom is 0.161 e. The average Bonchev–Trinajstić information content (AvgIpc) is 2.91. The fraction of sp³-hybridized carbons (Fsp3) is 0.429. The second kappa shape index (κ2) is 7.46. The lowest BCUT2D eigenvalue weighted by molar-refractivity contribution is 0.136. The normalized spacial score (nSPS) is 20.4. The van der Waals surface area contributed by atoms with Crippen LogP contribution in [0.15, 0.2) is 42.5 Å². The Morgan fingerprint density at radius 1 is 1.08 bits per heavy atom. The summed E-state index contributed by atoms with van der Waals surface area (Å²) in [5.41, 5.74) is 3.36. The van der Waals surface area contributed by atoms with Crippen molar-refractivity contribution in [1.29, 1.82) is 0 Å². The van der Waals surface area contributed by atoms with Gasteiger partial charge >= 0.3 is 0 Å². The predicted octanol–water partition coefficient (Wildman–Crippen LogP) is 3.79. The Balaban J connectivity index is 1.73. The molecule has 0 saturated heterocycles. The Morgan fingerprint density at radius 3 is 2.52 bits per heavy atom. The first kappa shape index (κ1) is 17.8. The van der Waals surface area contributed by atoms with Crippen LogP contribution in [0.5, 0.6) is 11.5 Å². The van der Waals surface area contributed by atoms with Gasteiger partial charge in [0.1, 0.15) is 0 Å². The number of methoxy groups -OCH3 is 1. The van der Waals surface area contributed by atoms with Crippen molar-refractivity contribution < 1.29 is 14.6 Å². The summed E-state index contributed by atoms with van der Waals surface area (Å²) in [7, 11) is 1.65. The third-order valence-electron chi connectivity index (χ3n) is 4.71. The van der Waals surface area contributed by atoms with Crippen molar-refractivity contribution in [3.8, 4) is 11.5 Å². The number of rotatable bonds is 6. The quantitative estimate of drug-likeness (QED) is 0.839. The van der Waals surface area contributed by atoms with Crippen LogP contribution in [0.25, 0.3) is 0 Å². The lowest BCUT2D eigenvalue weighted by atomic mass is 10.0. The fourth-order valence-corrected chi connectivity index (χ4v) is 3.45. The highest BCUT2D eigenvalue weighted by atomic mass is 16.5. The summed E-state index contributed by atoms with van der Waals surface area (Å²) in [5.74, 6) is 1.48. The molecule has 0 spiro atoms. The molecule has 25 heavy (non-hydrogen) atoms. The molecule has 3 atom stereocenters. The Kier molecular flexibility index (Phi) is 5.30. The molecular formula is C21H27NO3. The molecule has 1 aliphatic rings. The van der Waals surface area contributed by atoms with Gasteiger partial charge in [0.2, 0.25) is 0 Å². The van der Waals surface area contributed by atoms with Crippen LogP contribution in [0.3, 0.4) is 0 Å². The third kappa shape index (κ3) is 3.80. The van der Waals surface area contributed by atoms with Gasteiger partial charge in [0.25, 0.3) is 0 Å². The number of aliphatic hydroxyl groups is 1. The molecule has 2 aromatic rings. The number of nitrogens with one attached hydrogen (secondary N) is 1. The van der Waals surface area contributed by atoms with E-state index in [0.717, 1.165) is 29.0 Å². The van der Waals surface area contributed by atoms with Crippen LogP contribution in [-0.4, -0.2) is 24.4 Å². The summed E-state index contributed by atoms with van der Waals surface area (Å²) in [6.07, 6.45) is 0.472. The first-order valence-electron chi connectivity index (χ1n) is 8.86. The molecule has 0 fully saturated rings. The predicted molar refractivity (Wildman–Crippen MR) is 99.2 cm³/mol. The lowest BCUT2D eigenvalue weighted by Crippen LogP contribution is -2.34. The molecule has 2 aromatic carbocycles. The van der Waals surface area contributed by atoms with Gasteiger partial charge in [-0.1, -0.05) is 30.3 Å². The van der Waals surface area contributed by atoms with E-state index >= 15 is 0 Å². The third-order valence-corrected chi connectivity index (χ3v) is 4.71. The minimum atomic E-state index is -0.468. The first-order chi connectivity index (χ1) is 12.0. The molecule has 0 aliphatic heterocycles. The topological polar surface area (TPSA) is 50.7 Å². The molecule has 3 unspecified atom stereocenters. The van der Waals surface area contributed by atoms with Crippen molar-refractivity contribution in [2.45, 2.75) is 51.5 Å². The van der Waals surface area contributed by atoms with Gasteiger partial charge in [0.05, 0.1) is 19.3 Å². The molecule has 3 rings (SSSR count). The van der Waals surface area contributed by atoms with Gasteiger partial charge in [-0.15, -0.1) is 0 Å². The van der Waals surface area contributed by atoms with Crippen LogP contribution < -0.4 is 14.8 Å². The average molecular weight is 341 g/mol. The van der Waals surface area contributed by atoms with E-state index in [0.29, 0.717) is 0 Å². The molecule has 1 aliphatic carbocycles. The molecule has 0 saturated carbocycles. The van der Waals surface area contributed by atoms with Crippen LogP contribution in [0.4, 0.5) is 0 Å². The van der Waals surface area contributed by atoms with Gasteiger partial charge in [-0.2, -0.15) is 0 Å². The van der Waals surface area contributed by atoms with E-state index in [1.54, 1.807) is 7.11 Å². The summed E-state index contributed by atoms with van der Waals surface area (Å²) in [5, 5.41) is 14.1. The molecule has 2 N–H and O–H groups in total. The van der Waals surface area contributed by atoms with E-state index in [4.69, 9.17) is 9.47 Å². The standard InChI is InChI=1S/C21H27NO3/c1-13(2)25-19-10-9-15(12-20(19)24-4)14(3)22-18-11-16-7-5-6-8-17(16)21(18)23/h5-10,12-14,18,21-23H,11H2,1-4H3. The van der Waals surface area contributed by atoms with Crippen molar-refractivity contribution in [3.63, 3.8) is 0 Å². The largest absolute Gasteiger partial charge is 0.493 e. The molecule has 0 aromatic heterocycles. The maximum absolute atomic E-state index is 10.6. The van der Waals surface area contributed by atoms with E-state index in [1.165, 1.54) is 5.56 Å². The molecule has 0 bridgehead atoms. The van der Waals surface area contributed by atoms with Gasteiger partial charge in [-0.3, -0.25) is 0 Å². The number of benzene rings is 2. The van der Waals surface area contributed by atoms with Crippen LogP contribution in [-0.2, 0) is 6.42 Å². The fourth-order valence-electron chi connectivity index (χ4n) is 3.45. The van der Waals surface area contributed by atoms with Gasteiger partial charge in [0, 0.05) is 12.1 Å². The zero-order valence-electron chi connectivity index (χ0n) is 15.3. The second-order valence-electron chi connectivity index (χ2n) is 6.92. The molecule has 4 nitrogen and oxygen atoms in total. The number of aliphatic hydroxyl groups excluding tert-OH is 1. The Morgan fingerprint density at radius 2 is 1.84 bits per heavy atom. The minimum Gasteiger partial charge on any atom is -0.493 e. The summed E-state index contributed by atoms with van der Waals surface area (Å²) < 4.78 is 11.3. The van der Waals surface area contributed by atoms with Crippen molar-refractivity contribution in [2.24, 2.45) is 0 Å². The monoisotopic (exact) mass is 341 g/mol. The smallest absolute Gasteiger partial charge is 0.161 e. The zero-order valence-corrected chi connectivity index (χ0v) is 15.3. The number of hydrogen-bond acceptors (Lipinski definition) is 4. The number of ether oxygens (including phenoxy) is 2. The molecule has 0 radical (unpaired) electrons. The summed E-state index contributed by atoms with van der Waals surface area (Å²) >= 11 is 0. The SMILES string of the molecule is COc1cc(C(C)NC2Cc3ccccc3C2O)ccc1OC(C)C. The van der Waals surface area contributed by atoms with Crippen molar-refractivity contribution in [1.82, 2.24) is 5.32 Å². The maximum atomic E-state index is 10.6. The van der Waals surface area contributed by atoms with Crippen LogP contribution in [0.2, 0.25) is 0 Å². The molecular weight excluding hydrogens is 314 g/mol. The second-order valence-corrected chi connectivity index (χ2v) is 6.92. The van der Waals surface area contributed by atoms with E-state index in [-0.39, 0.29) is 18.2 Å². The van der Waals surface area contributed by atoms with Crippen molar-refractivity contribution >= 4 is 0 Å².